The zero-order chi connectivity index (χ0) is 36.6. The summed E-state index contributed by atoms with van der Waals surface area (Å²) in [5.41, 5.74) is 8.76. The number of nitrogens with zero attached hydrogens (tertiary/aromatic N) is 6. The third kappa shape index (κ3) is 12.8. The van der Waals surface area contributed by atoms with Crippen LogP contribution in [-0.4, -0.2) is 21.5 Å². The maximum atomic E-state index is 12.3. The summed E-state index contributed by atoms with van der Waals surface area (Å²) in [5, 5.41) is 36.1. The van der Waals surface area contributed by atoms with Crippen LogP contribution >= 0.6 is 0 Å². The van der Waals surface area contributed by atoms with E-state index in [2.05, 4.69) is 30.4 Å². The van der Waals surface area contributed by atoms with Crippen LogP contribution in [0.3, 0.4) is 0 Å². The van der Waals surface area contributed by atoms with Gasteiger partial charge in [0.15, 0.2) is 17.4 Å². The first kappa shape index (κ1) is 40.5. The van der Waals surface area contributed by atoms with Gasteiger partial charge < -0.3 is 16.2 Å². The molecular weight excluding hydrogens is 777 g/mol. The van der Waals surface area contributed by atoms with E-state index in [-0.39, 0.29) is 59.0 Å². The molecule has 0 aliphatic heterocycles. The number of carbonyl (C=O) groups is 1. The van der Waals surface area contributed by atoms with Crippen molar-refractivity contribution in [2.24, 2.45) is 20.5 Å². The summed E-state index contributed by atoms with van der Waals surface area (Å²) in [6.45, 7) is 0. The summed E-state index contributed by atoms with van der Waals surface area (Å²) in [5.74, 6) is 0.650. The molecule has 0 unspecified atom stereocenters. The Hall–Kier alpha value is -5.93. The van der Waals surface area contributed by atoms with Gasteiger partial charge in [0.2, 0.25) is 0 Å². The number of nitrogens with two attached hydrogens (primary N) is 1. The van der Waals surface area contributed by atoms with Gasteiger partial charge in [0.1, 0.15) is 0 Å². The number of rotatable bonds is 4. The Morgan fingerprint density at radius 3 is 1.60 bits per heavy atom. The molecule has 262 valence electrons. The minimum Gasteiger partial charge on any atom is -0.872 e. The number of nitrogens with one attached hydrogen (secondary N) is 1. The first-order valence-electron chi connectivity index (χ1n) is 14.7. The van der Waals surface area contributed by atoms with Crippen molar-refractivity contribution in [2.45, 2.75) is 0 Å². The standard InChI is InChI=1S/C14H10N2O2.2C11H9N3.ClHO4.Ru/c15-9-5-1-3-7-11(9)14(18)8-4-2-6-10(16)12(8)13(7)17;2*1-2-6-10(7-3-1)13-14-11-8-4-5-9-12-11;2-1(3,4)5;/h1-6,15,18H,16H2;2*1-9H;(H,2,3,4,5);/q;;;;+2/p-2. The smallest absolute Gasteiger partial charge is 0.872 e. The van der Waals surface area contributed by atoms with Crippen molar-refractivity contribution in [3.63, 3.8) is 0 Å². The number of halogens is 1. The Labute approximate surface area is 312 Å². The molecule has 0 bridgehead atoms. The molecule has 16 heteroatoms. The molecule has 3 N–H and O–H groups in total. The van der Waals surface area contributed by atoms with Crippen LogP contribution in [0.15, 0.2) is 177 Å². The average molecular weight is 804 g/mol. The van der Waals surface area contributed by atoms with E-state index in [9.17, 15) is 9.90 Å². The number of ketones is 1. The van der Waals surface area contributed by atoms with E-state index in [1.165, 1.54) is 6.08 Å². The third-order valence-corrected chi connectivity index (χ3v) is 6.45. The predicted molar refractivity (Wildman–Crippen MR) is 177 cm³/mol. The Morgan fingerprint density at radius 1 is 0.654 bits per heavy atom. The molecule has 2 aliphatic rings. The first-order chi connectivity index (χ1) is 24.5. The normalized spacial score (nSPS) is 12.9. The molecule has 2 heterocycles. The first-order valence-corrected chi connectivity index (χ1v) is 15.9. The van der Waals surface area contributed by atoms with Crippen molar-refractivity contribution in [2.75, 3.05) is 5.73 Å². The number of Topliss-reactive ketones (excluding diaryl/α,β-unsaturated/α-hetero) is 1. The Balaban J connectivity index is 0.000000197. The van der Waals surface area contributed by atoms with Crippen LogP contribution in [0.25, 0.3) is 5.76 Å². The fraction of sp³-hybridized carbons (Fsp3) is 0. The van der Waals surface area contributed by atoms with Gasteiger partial charge in [-0.1, -0.05) is 78.6 Å². The molecule has 0 saturated heterocycles. The molecule has 2 aliphatic carbocycles. The van der Waals surface area contributed by atoms with E-state index in [4.69, 9.17) is 29.8 Å². The fourth-order valence-corrected chi connectivity index (χ4v) is 4.30. The van der Waals surface area contributed by atoms with E-state index in [0.717, 1.165) is 11.4 Å². The van der Waals surface area contributed by atoms with Crippen LogP contribution in [0, 0.1) is 15.7 Å². The summed E-state index contributed by atoms with van der Waals surface area (Å²) < 4.78 is 34.0. The minimum atomic E-state index is -4.94. The summed E-state index contributed by atoms with van der Waals surface area (Å²) in [4.78, 5) is 20.4. The Bertz CT molecular complexity index is 1920. The largest absolute Gasteiger partial charge is 2.00 e. The second-order valence-corrected chi connectivity index (χ2v) is 10.7. The molecule has 0 saturated carbocycles. The van der Waals surface area contributed by atoms with E-state index in [0.29, 0.717) is 17.3 Å². The predicted octanol–water partition coefficient (Wildman–Crippen LogP) is 3.29. The topological polar surface area (TPSA) is 257 Å². The number of hydrogen-bond donors (Lipinski definition) is 2. The number of aromatic nitrogens is 2. The van der Waals surface area contributed by atoms with Gasteiger partial charge in [0.05, 0.1) is 22.6 Å². The van der Waals surface area contributed by atoms with Crippen LogP contribution in [0.4, 0.5) is 28.7 Å². The van der Waals surface area contributed by atoms with Crippen molar-refractivity contribution >= 4 is 46.0 Å². The number of nitrogen functional groups attached to an aromatic ring is 1. The number of allylic oxidation sites excluding steroid dienone is 5. The van der Waals surface area contributed by atoms with Crippen molar-refractivity contribution in [1.82, 2.24) is 9.97 Å². The van der Waals surface area contributed by atoms with Gasteiger partial charge in [-0.15, -0.1) is 30.7 Å². The maximum absolute atomic E-state index is 12.3. The number of fused-ring (bicyclic) bond motifs is 2. The second-order valence-electron chi connectivity index (χ2n) is 9.98. The molecule has 14 nitrogen and oxygen atoms in total. The summed E-state index contributed by atoms with van der Waals surface area (Å²) in [6.07, 6.45) is 8.04. The van der Waals surface area contributed by atoms with Crippen LogP contribution in [0.1, 0.15) is 15.9 Å². The molecule has 2 aromatic heterocycles. The van der Waals surface area contributed by atoms with Crippen molar-refractivity contribution < 1.29 is 58.3 Å². The summed E-state index contributed by atoms with van der Waals surface area (Å²) in [7, 11) is -4.94. The van der Waals surface area contributed by atoms with E-state index >= 15 is 0 Å². The molecule has 0 amide bonds. The number of carbonyl (C=O) groups excluding carboxylic acids is 1. The number of benzene rings is 3. The molecule has 5 aromatic rings. The fourth-order valence-electron chi connectivity index (χ4n) is 4.30. The average Bonchev–Trinajstić information content (AvgIpc) is 3.14. The zero-order valence-electron chi connectivity index (χ0n) is 26.8. The Kier molecular flexibility index (Phi) is 15.6. The molecule has 0 atom stereocenters. The number of hydrogen-bond acceptors (Lipinski definition) is 14. The summed E-state index contributed by atoms with van der Waals surface area (Å²) >= 11 is 0. The Morgan fingerprint density at radius 2 is 1.13 bits per heavy atom. The number of azo groups is 2. The second kappa shape index (κ2) is 20.1. The van der Waals surface area contributed by atoms with Gasteiger partial charge in [-0.05, 0) is 66.2 Å². The minimum absolute atomic E-state index is 0. The van der Waals surface area contributed by atoms with Gasteiger partial charge in [-0.3, -0.25) is 4.79 Å². The number of pyridine rings is 2. The quantitative estimate of drug-likeness (QED) is 0.153. The zero-order valence-corrected chi connectivity index (χ0v) is 29.3. The van der Waals surface area contributed by atoms with Crippen molar-refractivity contribution in [1.29, 1.82) is 5.41 Å². The summed E-state index contributed by atoms with van der Waals surface area (Å²) in [6, 6.07) is 35.1. The SMILES string of the molecule is N=C1C=CC=C2C(=O)c3c(N)cccc3C([O-])=C12.[O-][Cl+3]([O-])([O-])[O-].[Ru+2].c1ccc(N=Nc2ccccn2)cc1.c1ccc(N=Nc2ccccn2)cc1. The van der Waals surface area contributed by atoms with Gasteiger partial charge in [0.25, 0.3) is 0 Å². The molecule has 0 spiro atoms. The van der Waals surface area contributed by atoms with Gasteiger partial charge in [-0.2, -0.15) is 0 Å². The molecule has 0 fully saturated rings. The van der Waals surface area contributed by atoms with Crippen molar-refractivity contribution in [3.05, 3.63) is 168 Å². The maximum Gasteiger partial charge on any atom is 2.00 e. The van der Waals surface area contributed by atoms with Crippen molar-refractivity contribution in [3.8, 4) is 0 Å². The number of anilines is 1. The van der Waals surface area contributed by atoms with E-state index in [1.807, 2.05) is 97.1 Å². The van der Waals surface area contributed by atoms with Crippen LogP contribution in [0.5, 0.6) is 0 Å². The van der Waals surface area contributed by atoms with Gasteiger partial charge >= 0.3 is 19.5 Å². The van der Waals surface area contributed by atoms with Gasteiger partial charge in [0, 0.05) is 29.2 Å². The van der Waals surface area contributed by atoms with E-state index < -0.39 is 10.2 Å². The van der Waals surface area contributed by atoms with Crippen LogP contribution in [-0.2, 0) is 19.5 Å². The van der Waals surface area contributed by atoms with Crippen LogP contribution in [0.2, 0.25) is 0 Å². The monoisotopic (exact) mass is 804 g/mol. The molecular formula is C36H27ClN8O6Ru. The molecule has 52 heavy (non-hydrogen) atoms. The van der Waals surface area contributed by atoms with Gasteiger partial charge in [-0.25, -0.2) is 28.6 Å². The third-order valence-electron chi connectivity index (χ3n) is 6.45. The molecule has 7 rings (SSSR count). The molecule has 0 radical (unpaired) electrons. The van der Waals surface area contributed by atoms with E-state index in [1.54, 1.807) is 42.7 Å². The van der Waals surface area contributed by atoms with Crippen LogP contribution < -0.4 is 29.5 Å². The molecule has 3 aromatic carbocycles.